The highest BCUT2D eigenvalue weighted by molar-refractivity contribution is 6.31. The Kier molecular flexibility index (Phi) is 7.39. The number of hydrogen-bond donors (Lipinski definition) is 2. The van der Waals surface area contributed by atoms with E-state index in [2.05, 4.69) is 4.98 Å². The topological polar surface area (TPSA) is 101 Å². The van der Waals surface area contributed by atoms with Crippen LogP contribution in [0.1, 0.15) is 16.7 Å². The molecule has 1 heterocycles. The number of aliphatic hydroxyl groups is 1. The van der Waals surface area contributed by atoms with Crippen molar-refractivity contribution in [2.24, 2.45) is 0 Å². The van der Waals surface area contributed by atoms with E-state index in [0.717, 1.165) is 16.7 Å². The van der Waals surface area contributed by atoms with Crippen molar-refractivity contribution in [1.29, 1.82) is 0 Å². The quantitative estimate of drug-likeness (QED) is 0.470. The van der Waals surface area contributed by atoms with Gasteiger partial charge in [0.25, 0.3) is 5.09 Å². The third-order valence-electron chi connectivity index (χ3n) is 4.13. The van der Waals surface area contributed by atoms with Crippen LogP contribution in [0.25, 0.3) is 0 Å². The Morgan fingerprint density at radius 3 is 2.50 bits per heavy atom. The number of nitrogens with zero attached hydrogens (tertiary/aromatic N) is 3. The third kappa shape index (κ3) is 5.95. The summed E-state index contributed by atoms with van der Waals surface area (Å²) in [5.41, 5.74) is 1.55. The van der Waals surface area contributed by atoms with Crippen molar-refractivity contribution < 1.29 is 15.4 Å². The van der Waals surface area contributed by atoms with E-state index in [4.69, 9.17) is 38.5 Å². The summed E-state index contributed by atoms with van der Waals surface area (Å²) >= 11 is 12.4. The van der Waals surface area contributed by atoms with Crippen LogP contribution >= 0.6 is 23.2 Å². The molecule has 2 N–H and O–H groups in total. The molecule has 0 saturated carbocycles. The van der Waals surface area contributed by atoms with E-state index in [0.29, 0.717) is 23.0 Å². The van der Waals surface area contributed by atoms with Crippen LogP contribution in [0.4, 0.5) is 0 Å². The van der Waals surface area contributed by atoms with Gasteiger partial charge in [-0.2, -0.15) is 0 Å². The second kappa shape index (κ2) is 9.54. The molecule has 7 nitrogen and oxygen atoms in total. The minimum Gasteiger partial charge on any atom is -0.383 e. The molecule has 0 bridgehead atoms. The van der Waals surface area contributed by atoms with Gasteiger partial charge >= 0.3 is 0 Å². The zero-order valence-corrected chi connectivity index (χ0v) is 16.5. The summed E-state index contributed by atoms with van der Waals surface area (Å²) in [6, 6.07) is 13.1. The molecule has 1 aromatic heterocycles. The van der Waals surface area contributed by atoms with Gasteiger partial charge in [0.05, 0.1) is 12.9 Å². The molecule has 0 saturated heterocycles. The van der Waals surface area contributed by atoms with Gasteiger partial charge in [-0.15, -0.1) is 10.1 Å². The predicted octanol–water partition coefficient (Wildman–Crippen LogP) is 4.28. The fourth-order valence-corrected chi connectivity index (χ4v) is 3.45. The molecule has 0 aliphatic heterocycles. The summed E-state index contributed by atoms with van der Waals surface area (Å²) in [5.74, 6) is 0. The Morgan fingerprint density at radius 2 is 1.93 bits per heavy atom. The Hall–Kier alpha value is -2.61. The van der Waals surface area contributed by atoms with Crippen molar-refractivity contribution in [2.75, 3.05) is 0 Å². The fraction of sp³-hybridized carbons (Fsp3) is 0.211. The summed E-state index contributed by atoms with van der Waals surface area (Å²) in [6.07, 6.45) is 5.63. The molecule has 28 heavy (non-hydrogen) atoms. The van der Waals surface area contributed by atoms with Gasteiger partial charge in [0.2, 0.25) is 0 Å². The van der Waals surface area contributed by atoms with Gasteiger partial charge in [-0.3, -0.25) is 0 Å². The maximum atomic E-state index is 11.6. The van der Waals surface area contributed by atoms with Crippen LogP contribution in [0.5, 0.6) is 0 Å². The maximum absolute atomic E-state index is 11.6. The van der Waals surface area contributed by atoms with Crippen molar-refractivity contribution in [2.45, 2.75) is 25.5 Å². The average molecular weight is 424 g/mol. The number of hydrogen-bond acceptors (Lipinski definition) is 4. The number of imidazole rings is 1. The van der Waals surface area contributed by atoms with Crippen LogP contribution in [0.2, 0.25) is 10.0 Å². The Balaban J connectivity index is 0.000000640. The molecule has 0 aliphatic rings. The molecule has 9 heteroatoms. The number of halogens is 2. The minimum atomic E-state index is -1.50. The lowest BCUT2D eigenvalue weighted by Gasteiger charge is -2.31. The molecule has 148 valence electrons. The molecular weight excluding hydrogens is 405 g/mol. The highest BCUT2D eigenvalue weighted by atomic mass is 35.5. The van der Waals surface area contributed by atoms with E-state index in [1.54, 1.807) is 18.6 Å². The molecule has 0 amide bonds. The molecule has 3 rings (SSSR count). The zero-order chi connectivity index (χ0) is 20.7. The van der Waals surface area contributed by atoms with E-state index in [1.165, 1.54) is 0 Å². The molecule has 0 spiro atoms. The highest BCUT2D eigenvalue weighted by Gasteiger charge is 2.32. The van der Waals surface area contributed by atoms with E-state index in [-0.39, 0.29) is 0 Å². The molecule has 1 atom stereocenters. The monoisotopic (exact) mass is 423 g/mol. The lowest BCUT2D eigenvalue weighted by Crippen LogP contribution is -2.34. The lowest BCUT2D eigenvalue weighted by molar-refractivity contribution is -0.742. The number of aryl methyl sites for hydroxylation is 1. The standard InChI is InChI=1S/C19H18Cl2N2O.HNO3/c1-14-10-16(20)6-7-17(14)19(24,12-23-9-8-22-13-23)11-15-4-2-3-5-18(15)21;2-1(3)4/h2-10,13,24H,11-12H2,1H3;(H,2,3,4). The van der Waals surface area contributed by atoms with Crippen LogP contribution in [-0.2, 0) is 18.6 Å². The smallest absolute Gasteiger partial charge is 0.291 e. The van der Waals surface area contributed by atoms with Gasteiger partial charge in [0.1, 0.15) is 5.60 Å². The first kappa shape index (κ1) is 21.7. The summed E-state index contributed by atoms with van der Waals surface area (Å²) in [6.45, 7) is 2.33. The molecule has 3 aromatic rings. The highest BCUT2D eigenvalue weighted by Crippen LogP contribution is 2.33. The normalized spacial score (nSPS) is 12.6. The van der Waals surface area contributed by atoms with Crippen LogP contribution in [0.3, 0.4) is 0 Å². The van der Waals surface area contributed by atoms with Crippen molar-refractivity contribution in [1.82, 2.24) is 9.55 Å². The largest absolute Gasteiger partial charge is 0.383 e. The van der Waals surface area contributed by atoms with E-state index in [9.17, 15) is 5.11 Å². The van der Waals surface area contributed by atoms with Gasteiger partial charge in [-0.1, -0.05) is 47.5 Å². The van der Waals surface area contributed by atoms with Gasteiger partial charge in [-0.05, 0) is 41.8 Å². The summed E-state index contributed by atoms with van der Waals surface area (Å²) in [7, 11) is 0. The second-order valence-corrected chi connectivity index (χ2v) is 7.08. The molecule has 2 aromatic carbocycles. The molecular formula is C19H19Cl2N3O4. The third-order valence-corrected chi connectivity index (χ3v) is 4.74. The van der Waals surface area contributed by atoms with Crippen molar-refractivity contribution in [3.63, 3.8) is 0 Å². The van der Waals surface area contributed by atoms with E-state index >= 15 is 0 Å². The van der Waals surface area contributed by atoms with Crippen LogP contribution < -0.4 is 0 Å². The summed E-state index contributed by atoms with van der Waals surface area (Å²) < 4.78 is 1.87. The summed E-state index contributed by atoms with van der Waals surface area (Å²) in [4.78, 5) is 12.4. The van der Waals surface area contributed by atoms with Crippen molar-refractivity contribution >= 4 is 23.2 Å². The van der Waals surface area contributed by atoms with Crippen molar-refractivity contribution in [3.8, 4) is 0 Å². The molecule has 1 unspecified atom stereocenters. The van der Waals surface area contributed by atoms with E-state index in [1.807, 2.05) is 54.1 Å². The van der Waals surface area contributed by atoms with Crippen LogP contribution in [0, 0.1) is 17.0 Å². The minimum absolute atomic E-state index is 0.376. The number of benzene rings is 2. The van der Waals surface area contributed by atoms with Gasteiger partial charge in [0.15, 0.2) is 0 Å². The molecule has 0 aliphatic carbocycles. The van der Waals surface area contributed by atoms with E-state index < -0.39 is 10.7 Å². The number of rotatable bonds is 5. The molecule has 0 radical (unpaired) electrons. The Labute approximate surface area is 171 Å². The van der Waals surface area contributed by atoms with Gasteiger partial charge in [0, 0.05) is 28.9 Å². The predicted molar refractivity (Wildman–Crippen MR) is 106 cm³/mol. The number of aromatic nitrogens is 2. The average Bonchev–Trinajstić information content (AvgIpc) is 3.09. The Bertz CT molecular complexity index is 931. The first-order chi connectivity index (χ1) is 13.2. The van der Waals surface area contributed by atoms with Crippen molar-refractivity contribution in [3.05, 3.63) is 98.0 Å². The Morgan fingerprint density at radius 1 is 1.25 bits per heavy atom. The first-order valence-electron chi connectivity index (χ1n) is 8.23. The second-order valence-electron chi connectivity index (χ2n) is 6.23. The maximum Gasteiger partial charge on any atom is 0.291 e. The summed E-state index contributed by atoms with van der Waals surface area (Å²) in [5, 5.41) is 26.5. The van der Waals surface area contributed by atoms with Crippen LogP contribution in [0.15, 0.2) is 61.2 Å². The van der Waals surface area contributed by atoms with Gasteiger partial charge in [-0.25, -0.2) is 4.98 Å². The zero-order valence-electron chi connectivity index (χ0n) is 15.0. The fourth-order valence-electron chi connectivity index (χ4n) is 3.02. The van der Waals surface area contributed by atoms with Crippen LogP contribution in [-0.4, -0.2) is 25.0 Å². The SMILES string of the molecule is Cc1cc(Cl)ccc1C(O)(Cc1ccccc1Cl)Cn1ccnc1.O=[N+]([O-])O. The first-order valence-corrected chi connectivity index (χ1v) is 8.98. The lowest BCUT2D eigenvalue weighted by atomic mass is 9.84. The van der Waals surface area contributed by atoms with Gasteiger partial charge < -0.3 is 14.9 Å². The molecule has 0 fully saturated rings.